The van der Waals surface area contributed by atoms with E-state index in [-0.39, 0.29) is 23.3 Å². The molecule has 1 aliphatic rings. The van der Waals surface area contributed by atoms with Crippen LogP contribution in [0.5, 0.6) is 0 Å². The Labute approximate surface area is 161 Å². The number of benzene rings is 1. The zero-order chi connectivity index (χ0) is 20.3. The maximum atomic E-state index is 13.1. The number of rotatable bonds is 5. The molecule has 148 valence electrons. The first-order valence-corrected chi connectivity index (χ1v) is 8.93. The van der Waals surface area contributed by atoms with E-state index in [1.165, 1.54) is 30.8 Å². The molecule has 1 unspecified atom stereocenters. The molecule has 0 aliphatic carbocycles. The molecule has 1 atom stereocenters. The van der Waals surface area contributed by atoms with Gasteiger partial charge in [0.05, 0.1) is 12.7 Å². The number of nitriles is 1. The summed E-state index contributed by atoms with van der Waals surface area (Å²) in [6, 6.07) is 8.26. The molecule has 0 saturated carbocycles. The zero-order valence-corrected chi connectivity index (χ0v) is 15.8. The lowest BCUT2D eigenvalue weighted by Gasteiger charge is -2.33. The van der Waals surface area contributed by atoms with Gasteiger partial charge in [-0.3, -0.25) is 18.8 Å². The van der Waals surface area contributed by atoms with Gasteiger partial charge in [-0.1, -0.05) is 12.1 Å². The molecule has 2 heterocycles. The molecule has 0 spiro atoms. The summed E-state index contributed by atoms with van der Waals surface area (Å²) in [5.74, 6) is -0.0735. The Kier molecular flexibility index (Phi) is 5.92. The largest absolute Gasteiger partial charge is 0.374 e. The number of hydrogen-bond donors (Lipinski definition) is 1. The summed E-state index contributed by atoms with van der Waals surface area (Å²) in [7, 11) is 2.85. The molecule has 9 heteroatoms. The molecular formula is C19H22FN5O3. The number of halogens is 1. The predicted molar refractivity (Wildman–Crippen MR) is 102 cm³/mol. The van der Waals surface area contributed by atoms with Crippen LogP contribution in [0.4, 0.5) is 10.2 Å². The lowest BCUT2D eigenvalue weighted by Crippen LogP contribution is -2.46. The van der Waals surface area contributed by atoms with Crippen LogP contribution in [0.3, 0.4) is 0 Å². The first kappa shape index (κ1) is 19.8. The standard InChI is InChI=1S/C19H22FN5O3/c1-23-17(16(9-21)18(26)24(2)19(23)27)22-10-15-12-25(7-8-28-15)11-13-3-5-14(20)6-4-13/h3-6,15,22H,7-8,10-12H2,1-2H3. The Morgan fingerprint density at radius 3 is 2.64 bits per heavy atom. The highest BCUT2D eigenvalue weighted by atomic mass is 19.1. The van der Waals surface area contributed by atoms with E-state index in [0.717, 1.165) is 16.7 Å². The van der Waals surface area contributed by atoms with Gasteiger partial charge in [0.2, 0.25) is 0 Å². The summed E-state index contributed by atoms with van der Waals surface area (Å²) in [5.41, 5.74) is -0.232. The van der Waals surface area contributed by atoms with Gasteiger partial charge in [0.25, 0.3) is 5.56 Å². The fraction of sp³-hybridized carbons (Fsp3) is 0.421. The molecule has 1 N–H and O–H groups in total. The summed E-state index contributed by atoms with van der Waals surface area (Å²) < 4.78 is 21.0. The van der Waals surface area contributed by atoms with E-state index in [1.807, 2.05) is 6.07 Å². The summed E-state index contributed by atoms with van der Waals surface area (Å²) >= 11 is 0. The summed E-state index contributed by atoms with van der Waals surface area (Å²) in [5, 5.41) is 12.3. The van der Waals surface area contributed by atoms with Gasteiger partial charge < -0.3 is 10.1 Å². The van der Waals surface area contributed by atoms with E-state index in [1.54, 1.807) is 12.1 Å². The Morgan fingerprint density at radius 1 is 1.25 bits per heavy atom. The highest BCUT2D eigenvalue weighted by Crippen LogP contribution is 2.13. The third-order valence-electron chi connectivity index (χ3n) is 4.82. The van der Waals surface area contributed by atoms with E-state index in [2.05, 4.69) is 10.2 Å². The summed E-state index contributed by atoms with van der Waals surface area (Å²) in [6.45, 7) is 2.93. The third-order valence-corrected chi connectivity index (χ3v) is 4.82. The van der Waals surface area contributed by atoms with Crippen LogP contribution in [0, 0.1) is 17.1 Å². The van der Waals surface area contributed by atoms with Gasteiger partial charge in [-0.05, 0) is 17.7 Å². The number of ether oxygens (including phenoxy) is 1. The van der Waals surface area contributed by atoms with E-state index in [0.29, 0.717) is 26.2 Å². The fourth-order valence-corrected chi connectivity index (χ4v) is 3.26. The summed E-state index contributed by atoms with van der Waals surface area (Å²) in [6.07, 6.45) is -0.181. The SMILES string of the molecule is Cn1c(NCC2CN(Cc3ccc(F)cc3)CCO2)c(C#N)c(=O)n(C)c1=O. The first-order chi connectivity index (χ1) is 13.4. The molecule has 0 amide bonds. The molecule has 0 radical (unpaired) electrons. The van der Waals surface area contributed by atoms with Crippen LogP contribution in [0.2, 0.25) is 0 Å². The molecule has 28 heavy (non-hydrogen) atoms. The minimum Gasteiger partial charge on any atom is -0.374 e. The van der Waals surface area contributed by atoms with Crippen LogP contribution in [0.15, 0.2) is 33.9 Å². The molecule has 1 fully saturated rings. The van der Waals surface area contributed by atoms with Crippen molar-refractivity contribution in [2.45, 2.75) is 12.6 Å². The quantitative estimate of drug-likeness (QED) is 0.799. The van der Waals surface area contributed by atoms with Crippen molar-refractivity contribution in [1.82, 2.24) is 14.0 Å². The second kappa shape index (κ2) is 8.37. The zero-order valence-electron chi connectivity index (χ0n) is 15.8. The van der Waals surface area contributed by atoms with Crippen molar-refractivity contribution in [3.63, 3.8) is 0 Å². The molecule has 3 rings (SSSR count). The minimum absolute atomic E-state index is 0.108. The third kappa shape index (κ3) is 4.13. The smallest absolute Gasteiger partial charge is 0.332 e. The van der Waals surface area contributed by atoms with Gasteiger partial charge in [-0.25, -0.2) is 9.18 Å². The summed E-state index contributed by atoms with van der Waals surface area (Å²) in [4.78, 5) is 26.5. The first-order valence-electron chi connectivity index (χ1n) is 8.93. The van der Waals surface area contributed by atoms with Crippen molar-refractivity contribution in [3.05, 3.63) is 62.0 Å². The highest BCUT2D eigenvalue weighted by Gasteiger charge is 2.22. The van der Waals surface area contributed by atoms with Crippen LogP contribution in [-0.4, -0.2) is 46.4 Å². The molecule has 1 aliphatic heterocycles. The maximum absolute atomic E-state index is 13.1. The van der Waals surface area contributed by atoms with Gasteiger partial charge in [0, 0.05) is 40.3 Å². The maximum Gasteiger partial charge on any atom is 0.332 e. The lowest BCUT2D eigenvalue weighted by atomic mass is 10.2. The van der Waals surface area contributed by atoms with Crippen LogP contribution in [0.1, 0.15) is 11.1 Å². The highest BCUT2D eigenvalue weighted by molar-refractivity contribution is 5.51. The van der Waals surface area contributed by atoms with Gasteiger partial charge in [0.15, 0.2) is 5.56 Å². The molecule has 8 nitrogen and oxygen atoms in total. The van der Waals surface area contributed by atoms with Gasteiger partial charge in [0.1, 0.15) is 17.7 Å². The molecular weight excluding hydrogens is 365 g/mol. The molecule has 2 aromatic rings. The Hall–Kier alpha value is -2.96. The topological polar surface area (TPSA) is 92.3 Å². The van der Waals surface area contributed by atoms with Crippen molar-refractivity contribution in [3.8, 4) is 6.07 Å². The predicted octanol–water partition coefficient (Wildman–Crippen LogP) is 0.408. The van der Waals surface area contributed by atoms with Gasteiger partial charge in [-0.15, -0.1) is 0 Å². The lowest BCUT2D eigenvalue weighted by molar-refractivity contribution is -0.0241. The second-order valence-electron chi connectivity index (χ2n) is 6.78. The van der Waals surface area contributed by atoms with Crippen molar-refractivity contribution in [2.24, 2.45) is 14.1 Å². The Morgan fingerprint density at radius 2 is 1.96 bits per heavy atom. The number of nitrogens with zero attached hydrogens (tertiary/aromatic N) is 4. The monoisotopic (exact) mass is 387 g/mol. The van der Waals surface area contributed by atoms with E-state index < -0.39 is 11.2 Å². The van der Waals surface area contributed by atoms with Crippen molar-refractivity contribution < 1.29 is 9.13 Å². The average molecular weight is 387 g/mol. The van der Waals surface area contributed by atoms with Crippen molar-refractivity contribution in [1.29, 1.82) is 5.26 Å². The number of hydrogen-bond acceptors (Lipinski definition) is 6. The van der Waals surface area contributed by atoms with Crippen molar-refractivity contribution in [2.75, 3.05) is 31.6 Å². The van der Waals surface area contributed by atoms with E-state index >= 15 is 0 Å². The van der Waals surface area contributed by atoms with E-state index in [9.17, 15) is 19.2 Å². The molecule has 0 bridgehead atoms. The molecule has 1 aromatic carbocycles. The van der Waals surface area contributed by atoms with Crippen LogP contribution >= 0.6 is 0 Å². The van der Waals surface area contributed by atoms with E-state index in [4.69, 9.17) is 4.74 Å². The number of anilines is 1. The van der Waals surface area contributed by atoms with Crippen molar-refractivity contribution >= 4 is 5.82 Å². The number of nitrogens with one attached hydrogen (secondary N) is 1. The fourth-order valence-electron chi connectivity index (χ4n) is 3.26. The molecule has 1 aromatic heterocycles. The molecule has 1 saturated heterocycles. The number of morpholine rings is 1. The Bertz CT molecular complexity index is 1010. The second-order valence-corrected chi connectivity index (χ2v) is 6.78. The van der Waals surface area contributed by atoms with Crippen LogP contribution < -0.4 is 16.6 Å². The van der Waals surface area contributed by atoms with Crippen LogP contribution in [-0.2, 0) is 25.4 Å². The minimum atomic E-state index is -0.629. The average Bonchev–Trinajstić information content (AvgIpc) is 2.70. The van der Waals surface area contributed by atoms with Gasteiger partial charge >= 0.3 is 5.69 Å². The Balaban J connectivity index is 1.68. The number of aromatic nitrogens is 2. The normalized spacial score (nSPS) is 17.3. The van der Waals surface area contributed by atoms with Crippen LogP contribution in [0.25, 0.3) is 0 Å². The van der Waals surface area contributed by atoms with Gasteiger partial charge in [-0.2, -0.15) is 5.26 Å².